The topological polar surface area (TPSA) is 83.5 Å². The summed E-state index contributed by atoms with van der Waals surface area (Å²) in [5, 5.41) is 4.41. The molecule has 0 amide bonds. The van der Waals surface area contributed by atoms with Crippen LogP contribution in [0.25, 0.3) is 11.0 Å². The number of halogens is 1. The maximum absolute atomic E-state index is 13.4. The molecule has 2 N–H and O–H groups in total. The number of hydrogen-bond donors (Lipinski definition) is 2. The molecule has 0 bridgehead atoms. The van der Waals surface area contributed by atoms with E-state index in [2.05, 4.69) is 15.1 Å². The maximum atomic E-state index is 13.4. The van der Waals surface area contributed by atoms with Crippen LogP contribution >= 0.6 is 0 Å². The van der Waals surface area contributed by atoms with Gasteiger partial charge in [0.2, 0.25) is 0 Å². The Morgan fingerprint density at radius 2 is 1.80 bits per heavy atom. The molecule has 0 aliphatic heterocycles. The number of aryl methyl sites for hydroxylation is 1. The Morgan fingerprint density at radius 1 is 1.16 bits per heavy atom. The SMILES string of the molecule is Cc1ccc(C(n2nc(CF)c3c(=O)[nH]c(=O)[nH]c32)C(C)(C)C)cc1. The first-order valence-electron chi connectivity index (χ1n) is 8.08. The number of alkyl halides is 1. The van der Waals surface area contributed by atoms with E-state index in [0.717, 1.165) is 11.1 Å². The zero-order chi connectivity index (χ0) is 18.4. The molecule has 0 saturated heterocycles. The highest BCUT2D eigenvalue weighted by Crippen LogP contribution is 2.37. The van der Waals surface area contributed by atoms with Crippen molar-refractivity contribution in [2.75, 3.05) is 0 Å². The normalized spacial score (nSPS) is 13.3. The van der Waals surface area contributed by atoms with Crippen LogP contribution in [0.1, 0.15) is 43.6 Å². The first kappa shape index (κ1) is 17.1. The van der Waals surface area contributed by atoms with Crippen LogP contribution in [0.2, 0.25) is 0 Å². The molecule has 7 heteroatoms. The summed E-state index contributed by atoms with van der Waals surface area (Å²) in [6.45, 7) is 7.21. The van der Waals surface area contributed by atoms with E-state index in [1.165, 1.54) is 0 Å². The van der Waals surface area contributed by atoms with Gasteiger partial charge in [0.1, 0.15) is 23.4 Å². The van der Waals surface area contributed by atoms with Gasteiger partial charge in [-0.15, -0.1) is 0 Å². The van der Waals surface area contributed by atoms with Gasteiger partial charge in [0, 0.05) is 0 Å². The van der Waals surface area contributed by atoms with Crippen molar-refractivity contribution in [2.24, 2.45) is 5.41 Å². The second-order valence-corrected chi connectivity index (χ2v) is 7.34. The van der Waals surface area contributed by atoms with Gasteiger partial charge in [-0.2, -0.15) is 5.10 Å². The molecular weight excluding hydrogens is 323 g/mol. The molecule has 3 aromatic rings. The van der Waals surface area contributed by atoms with Crippen LogP contribution in [0.5, 0.6) is 0 Å². The predicted molar refractivity (Wildman–Crippen MR) is 94.6 cm³/mol. The lowest BCUT2D eigenvalue weighted by Gasteiger charge is -2.31. The molecule has 0 aliphatic carbocycles. The van der Waals surface area contributed by atoms with Crippen LogP contribution in [0.4, 0.5) is 4.39 Å². The molecular formula is C18H21FN4O2. The lowest BCUT2D eigenvalue weighted by molar-refractivity contribution is 0.268. The summed E-state index contributed by atoms with van der Waals surface area (Å²) in [5.41, 5.74) is 0.789. The summed E-state index contributed by atoms with van der Waals surface area (Å²) in [6, 6.07) is 7.67. The third-order valence-electron chi connectivity index (χ3n) is 4.25. The van der Waals surface area contributed by atoms with E-state index in [-0.39, 0.29) is 28.2 Å². The van der Waals surface area contributed by atoms with Crippen LogP contribution in [-0.2, 0) is 6.67 Å². The van der Waals surface area contributed by atoms with Crippen LogP contribution < -0.4 is 11.2 Å². The van der Waals surface area contributed by atoms with Crippen LogP contribution in [0, 0.1) is 12.3 Å². The minimum atomic E-state index is -0.886. The predicted octanol–water partition coefficient (Wildman–Crippen LogP) is 2.83. The fourth-order valence-electron chi connectivity index (χ4n) is 3.18. The van der Waals surface area contributed by atoms with E-state index >= 15 is 0 Å². The number of benzene rings is 1. The van der Waals surface area contributed by atoms with Crippen molar-refractivity contribution in [3.8, 4) is 0 Å². The maximum Gasteiger partial charge on any atom is 0.327 e. The highest BCUT2D eigenvalue weighted by Gasteiger charge is 2.31. The minimum Gasteiger partial charge on any atom is -0.291 e. The number of rotatable bonds is 3. The first-order valence-corrected chi connectivity index (χ1v) is 8.08. The number of nitrogens with one attached hydrogen (secondary N) is 2. The van der Waals surface area contributed by atoms with Crippen molar-refractivity contribution in [1.29, 1.82) is 0 Å². The Labute approximate surface area is 143 Å². The van der Waals surface area contributed by atoms with Gasteiger partial charge in [-0.05, 0) is 17.9 Å². The summed E-state index contributed by atoms with van der Waals surface area (Å²) in [7, 11) is 0. The molecule has 0 aliphatic rings. The molecule has 2 aromatic heterocycles. The second kappa shape index (κ2) is 5.98. The smallest absolute Gasteiger partial charge is 0.291 e. The monoisotopic (exact) mass is 344 g/mol. The van der Waals surface area contributed by atoms with Gasteiger partial charge < -0.3 is 0 Å². The lowest BCUT2D eigenvalue weighted by Crippen LogP contribution is -2.28. The largest absolute Gasteiger partial charge is 0.327 e. The van der Waals surface area contributed by atoms with Crippen LogP contribution in [0.15, 0.2) is 33.9 Å². The molecule has 2 heterocycles. The third-order valence-corrected chi connectivity index (χ3v) is 4.25. The summed E-state index contributed by atoms with van der Waals surface area (Å²) in [4.78, 5) is 28.7. The zero-order valence-corrected chi connectivity index (χ0v) is 14.7. The van der Waals surface area contributed by atoms with E-state index in [1.807, 2.05) is 52.0 Å². The van der Waals surface area contributed by atoms with E-state index in [0.29, 0.717) is 0 Å². The summed E-state index contributed by atoms with van der Waals surface area (Å²) in [6.07, 6.45) is 0. The average molecular weight is 344 g/mol. The van der Waals surface area contributed by atoms with Crippen molar-refractivity contribution in [3.63, 3.8) is 0 Å². The van der Waals surface area contributed by atoms with Crippen LogP contribution in [0.3, 0.4) is 0 Å². The van der Waals surface area contributed by atoms with E-state index in [9.17, 15) is 14.0 Å². The summed E-state index contributed by atoms with van der Waals surface area (Å²) in [5.74, 6) is 0. The molecule has 0 saturated carbocycles. The highest BCUT2D eigenvalue weighted by molar-refractivity contribution is 5.77. The zero-order valence-electron chi connectivity index (χ0n) is 14.7. The van der Waals surface area contributed by atoms with Crippen molar-refractivity contribution < 1.29 is 4.39 Å². The van der Waals surface area contributed by atoms with Gasteiger partial charge in [-0.1, -0.05) is 50.6 Å². The Bertz CT molecular complexity index is 1020. The van der Waals surface area contributed by atoms with E-state index in [4.69, 9.17) is 0 Å². The fraction of sp³-hybridized carbons (Fsp3) is 0.389. The van der Waals surface area contributed by atoms with Gasteiger partial charge in [0.25, 0.3) is 5.56 Å². The molecule has 25 heavy (non-hydrogen) atoms. The van der Waals surface area contributed by atoms with Gasteiger partial charge in [-0.3, -0.25) is 14.8 Å². The van der Waals surface area contributed by atoms with Gasteiger partial charge >= 0.3 is 5.69 Å². The first-order chi connectivity index (χ1) is 11.7. The van der Waals surface area contributed by atoms with Gasteiger partial charge in [0.05, 0.1) is 6.04 Å². The number of aromatic nitrogens is 4. The molecule has 132 valence electrons. The molecule has 3 rings (SSSR count). The Hall–Kier alpha value is -2.70. The molecule has 1 aromatic carbocycles. The van der Waals surface area contributed by atoms with Crippen molar-refractivity contribution in [3.05, 3.63) is 61.9 Å². The summed E-state index contributed by atoms with van der Waals surface area (Å²) >= 11 is 0. The molecule has 0 spiro atoms. The number of nitrogens with zero attached hydrogens (tertiary/aromatic N) is 2. The fourth-order valence-corrected chi connectivity index (χ4v) is 3.18. The number of fused-ring (bicyclic) bond motifs is 1. The van der Waals surface area contributed by atoms with Crippen molar-refractivity contribution >= 4 is 11.0 Å². The third kappa shape index (κ3) is 3.01. The average Bonchev–Trinajstić information content (AvgIpc) is 2.87. The molecule has 0 fully saturated rings. The van der Waals surface area contributed by atoms with Crippen LogP contribution in [-0.4, -0.2) is 19.7 Å². The Balaban J connectivity index is 2.36. The molecule has 1 unspecified atom stereocenters. The molecule has 0 radical (unpaired) electrons. The quantitative estimate of drug-likeness (QED) is 0.766. The number of hydrogen-bond acceptors (Lipinski definition) is 3. The van der Waals surface area contributed by atoms with E-state index in [1.54, 1.807) is 4.68 Å². The number of aromatic amines is 2. The van der Waals surface area contributed by atoms with Gasteiger partial charge in [-0.25, -0.2) is 13.9 Å². The van der Waals surface area contributed by atoms with Crippen molar-refractivity contribution in [2.45, 2.75) is 40.4 Å². The van der Waals surface area contributed by atoms with Gasteiger partial charge in [0.15, 0.2) is 0 Å². The highest BCUT2D eigenvalue weighted by atomic mass is 19.1. The Morgan fingerprint density at radius 3 is 2.36 bits per heavy atom. The Kier molecular flexibility index (Phi) is 4.10. The lowest BCUT2D eigenvalue weighted by atomic mass is 9.82. The minimum absolute atomic E-state index is 0.0221. The van der Waals surface area contributed by atoms with Crippen molar-refractivity contribution in [1.82, 2.24) is 19.7 Å². The number of H-pyrrole nitrogens is 2. The summed E-state index contributed by atoms with van der Waals surface area (Å²) < 4.78 is 15.0. The molecule has 1 atom stereocenters. The second-order valence-electron chi connectivity index (χ2n) is 7.34. The molecule has 6 nitrogen and oxygen atoms in total. The standard InChI is InChI=1S/C18H21FN4O2/c1-10-5-7-11(8-6-10)14(18(2,3)4)23-15-13(12(9-19)22-23)16(24)21-17(25)20-15/h5-8,14H,9H2,1-4H3,(H2,20,21,24,25). The van der Waals surface area contributed by atoms with E-state index < -0.39 is 17.9 Å².